The number of nitrogens with zero attached hydrogens (tertiary/aromatic N) is 5. The van der Waals surface area contributed by atoms with Gasteiger partial charge in [-0.15, -0.1) is 0 Å². The minimum Gasteiger partial charge on any atom is -0.494 e. The highest BCUT2D eigenvalue weighted by molar-refractivity contribution is 6.31. The van der Waals surface area contributed by atoms with Crippen LogP contribution in [0.4, 0.5) is 5.82 Å². The number of nitrogens with one attached hydrogen (secondary N) is 2. The largest absolute Gasteiger partial charge is 0.494 e. The summed E-state index contributed by atoms with van der Waals surface area (Å²) >= 11 is 6.24. The highest BCUT2D eigenvalue weighted by Crippen LogP contribution is 2.55. The van der Waals surface area contributed by atoms with Crippen molar-refractivity contribution in [2.45, 2.75) is 78.0 Å². The zero-order chi connectivity index (χ0) is 42.3. The highest BCUT2D eigenvalue weighted by atomic mass is 35.5. The van der Waals surface area contributed by atoms with Crippen LogP contribution in [-0.4, -0.2) is 108 Å². The molecule has 4 heterocycles. The molecule has 1 aliphatic carbocycles. The van der Waals surface area contributed by atoms with Gasteiger partial charge in [-0.25, -0.2) is 4.98 Å². The molecule has 310 valence electrons. The first-order valence-electron chi connectivity index (χ1n) is 20.2. The van der Waals surface area contributed by atoms with E-state index in [0.29, 0.717) is 34.3 Å². The first-order valence-corrected chi connectivity index (χ1v) is 20.6. The van der Waals surface area contributed by atoms with Gasteiger partial charge < -0.3 is 24.2 Å². The molecular weight excluding hydrogens is 774 g/mol. The Labute approximate surface area is 349 Å². The number of rotatable bonds is 13. The van der Waals surface area contributed by atoms with Gasteiger partial charge in [-0.3, -0.25) is 34.2 Å². The molecule has 3 aromatic rings. The van der Waals surface area contributed by atoms with E-state index in [-0.39, 0.29) is 52.9 Å². The van der Waals surface area contributed by atoms with Gasteiger partial charge >= 0.3 is 0 Å². The second-order valence-electron chi connectivity index (χ2n) is 17.5. The van der Waals surface area contributed by atoms with E-state index in [0.717, 1.165) is 67.2 Å². The highest BCUT2D eigenvalue weighted by Gasteiger charge is 2.64. The predicted molar refractivity (Wildman–Crippen MR) is 219 cm³/mol. The molecule has 2 saturated heterocycles. The third-order valence-electron chi connectivity index (χ3n) is 12.6. The third-order valence-corrected chi connectivity index (χ3v) is 12.9. The number of quaternary nitrogens is 1. The number of piperazine rings is 1. The molecule has 15 heteroatoms. The van der Waals surface area contributed by atoms with E-state index in [2.05, 4.69) is 61.3 Å². The molecule has 1 atom stereocenters. The lowest BCUT2D eigenvalue weighted by molar-refractivity contribution is -0.910. The zero-order valence-corrected chi connectivity index (χ0v) is 34.9. The lowest BCUT2D eigenvalue weighted by Gasteiger charge is -2.63. The molecule has 4 aliphatic rings. The summed E-state index contributed by atoms with van der Waals surface area (Å²) in [6, 6.07) is 14.5. The van der Waals surface area contributed by atoms with E-state index in [1.807, 2.05) is 12.1 Å². The van der Waals surface area contributed by atoms with Crippen LogP contribution in [0.5, 0.6) is 11.5 Å². The molecule has 2 N–H and O–H groups in total. The summed E-state index contributed by atoms with van der Waals surface area (Å²) in [5.74, 6) is -0.381. The number of halogens is 1. The molecule has 0 radical (unpaired) electrons. The number of benzene rings is 2. The van der Waals surface area contributed by atoms with Crippen LogP contribution in [0.1, 0.15) is 96.4 Å². The number of fused-ring (bicyclic) bond motifs is 1. The summed E-state index contributed by atoms with van der Waals surface area (Å²) in [7, 11) is 2.29. The summed E-state index contributed by atoms with van der Waals surface area (Å²) in [5.41, 5.74) is 0.580. The normalized spacial score (nSPS) is 22.8. The van der Waals surface area contributed by atoms with E-state index >= 15 is 0 Å². The SMILES string of the molecule is CC1(C)[C@H](NC(=O)c2ccc(N3CC[N+](C)(CCCCCOc4ccc5c(c4)C(=O)N(C4CCC(=O)NC4=O)C5=O)CC3)nc2)C(C)(C)[C@H]1Oc1ccc(C#N)c(Cl)c1. The van der Waals surface area contributed by atoms with E-state index in [4.69, 9.17) is 21.1 Å². The molecule has 0 bridgehead atoms. The third kappa shape index (κ3) is 8.23. The van der Waals surface area contributed by atoms with E-state index in [9.17, 15) is 29.2 Å². The zero-order valence-electron chi connectivity index (χ0n) is 34.2. The quantitative estimate of drug-likeness (QED) is 0.134. The fraction of sp³-hybridized carbons (Fsp3) is 0.477. The van der Waals surface area contributed by atoms with E-state index in [1.54, 1.807) is 42.6 Å². The summed E-state index contributed by atoms with van der Waals surface area (Å²) in [5, 5.41) is 15.0. The Morgan fingerprint density at radius 2 is 1.68 bits per heavy atom. The molecule has 14 nitrogen and oxygen atoms in total. The molecule has 1 aromatic heterocycles. The number of piperidine rings is 1. The number of hydrogen-bond donors (Lipinski definition) is 2. The topological polar surface area (TPSA) is 171 Å². The number of anilines is 1. The number of carbonyl (C=O) groups is 5. The fourth-order valence-corrected chi connectivity index (χ4v) is 9.63. The van der Waals surface area contributed by atoms with Gasteiger partial charge in [0.05, 0.1) is 73.7 Å². The lowest BCUT2D eigenvalue weighted by atomic mass is 9.49. The van der Waals surface area contributed by atoms with Crippen LogP contribution in [0.15, 0.2) is 54.7 Å². The Morgan fingerprint density at radius 3 is 2.34 bits per heavy atom. The second-order valence-corrected chi connectivity index (χ2v) is 18.0. The van der Waals surface area contributed by atoms with Crippen molar-refractivity contribution < 1.29 is 37.9 Å². The number of imide groups is 2. The summed E-state index contributed by atoms with van der Waals surface area (Å²) in [6.07, 6.45) is 4.48. The number of amides is 5. The number of unbranched alkanes of at least 4 members (excludes halogenated alkanes) is 2. The lowest BCUT2D eigenvalue weighted by Crippen LogP contribution is -2.74. The van der Waals surface area contributed by atoms with Crippen molar-refractivity contribution in [1.82, 2.24) is 20.5 Å². The minimum atomic E-state index is -1.000. The number of aromatic nitrogens is 1. The molecule has 5 amide bonds. The summed E-state index contributed by atoms with van der Waals surface area (Å²) in [6.45, 7) is 13.5. The van der Waals surface area contributed by atoms with Crippen molar-refractivity contribution in [2.75, 3.05) is 51.3 Å². The van der Waals surface area contributed by atoms with Gasteiger partial charge in [0.25, 0.3) is 17.7 Å². The average Bonchev–Trinajstić information content (AvgIpc) is 3.45. The number of pyridine rings is 1. The van der Waals surface area contributed by atoms with E-state index < -0.39 is 29.7 Å². The van der Waals surface area contributed by atoms with Gasteiger partial charge in [-0.1, -0.05) is 39.3 Å². The second kappa shape index (κ2) is 16.3. The maximum absolute atomic E-state index is 13.4. The van der Waals surface area contributed by atoms with Crippen molar-refractivity contribution in [3.8, 4) is 17.6 Å². The average molecular weight is 825 g/mol. The number of carbonyl (C=O) groups excluding carboxylic acids is 5. The standard InChI is InChI=1S/C44H50ClN7O7/c1-43(2)41(44(3,4)42(43)59-30-11-9-27(25-46)33(45)24-30)49-37(54)28-10-15-35(47-26-28)50-17-20-52(5,21-18-50)19-7-6-8-22-58-29-12-13-31-32(23-29)40(57)51(39(31)56)34-14-16-36(53)48-38(34)55/h9-13,15,23-24,26,34,41-42H,6-8,14,16-22H2,1-5H3,(H-,48,49,53,54,55)/p+1/t34?,41-,42-. The molecule has 2 aromatic carbocycles. The van der Waals surface area contributed by atoms with Crippen molar-refractivity contribution >= 4 is 47.0 Å². The monoisotopic (exact) mass is 824 g/mol. The smallest absolute Gasteiger partial charge is 0.262 e. The Kier molecular flexibility index (Phi) is 11.5. The Bertz CT molecular complexity index is 2190. The molecule has 7 rings (SSSR count). The Balaban J connectivity index is 0.824. The maximum Gasteiger partial charge on any atom is 0.262 e. The number of nitriles is 1. The predicted octanol–water partition coefficient (Wildman–Crippen LogP) is 5.14. The molecule has 1 unspecified atom stereocenters. The van der Waals surface area contributed by atoms with Crippen molar-refractivity contribution in [3.05, 3.63) is 82.0 Å². The van der Waals surface area contributed by atoms with Gasteiger partial charge in [0.1, 0.15) is 35.5 Å². The van der Waals surface area contributed by atoms with Crippen LogP contribution in [0, 0.1) is 22.2 Å². The van der Waals surface area contributed by atoms with Gasteiger partial charge in [0.15, 0.2) is 0 Å². The van der Waals surface area contributed by atoms with Gasteiger partial charge in [-0.2, -0.15) is 5.26 Å². The molecule has 59 heavy (non-hydrogen) atoms. The first kappa shape index (κ1) is 41.6. The minimum absolute atomic E-state index is 0.0725. The number of likely N-dealkylation sites (N-methyl/N-ethyl adjacent to an activating group) is 1. The Morgan fingerprint density at radius 1 is 0.966 bits per heavy atom. The van der Waals surface area contributed by atoms with Crippen LogP contribution in [0.3, 0.4) is 0 Å². The maximum atomic E-state index is 13.4. The summed E-state index contributed by atoms with van der Waals surface area (Å²) < 4.78 is 13.3. The first-order chi connectivity index (χ1) is 28.0. The van der Waals surface area contributed by atoms with Crippen LogP contribution in [-0.2, 0) is 9.59 Å². The summed E-state index contributed by atoms with van der Waals surface area (Å²) in [4.78, 5) is 71.3. The van der Waals surface area contributed by atoms with Crippen LogP contribution >= 0.6 is 11.6 Å². The Hall–Kier alpha value is -5.52. The van der Waals surface area contributed by atoms with Crippen molar-refractivity contribution in [1.29, 1.82) is 5.26 Å². The fourth-order valence-electron chi connectivity index (χ4n) is 9.42. The molecule has 1 saturated carbocycles. The number of ether oxygens (including phenoxy) is 2. The molecule has 3 aliphatic heterocycles. The number of hydrogen-bond acceptors (Lipinski definition) is 10. The van der Waals surface area contributed by atoms with Crippen molar-refractivity contribution in [3.63, 3.8) is 0 Å². The van der Waals surface area contributed by atoms with Gasteiger partial charge in [0.2, 0.25) is 11.8 Å². The van der Waals surface area contributed by atoms with Crippen LogP contribution < -0.4 is 25.0 Å². The van der Waals surface area contributed by atoms with Gasteiger partial charge in [0, 0.05) is 35.6 Å². The van der Waals surface area contributed by atoms with Crippen molar-refractivity contribution in [2.24, 2.45) is 10.8 Å². The molecular formula is C44H51ClN7O7+. The molecule has 0 spiro atoms. The van der Waals surface area contributed by atoms with Crippen LogP contribution in [0.25, 0.3) is 0 Å². The molecule has 3 fully saturated rings. The van der Waals surface area contributed by atoms with E-state index in [1.165, 1.54) is 0 Å². The van der Waals surface area contributed by atoms with Gasteiger partial charge in [-0.05, 0) is 68.1 Å². The van der Waals surface area contributed by atoms with Crippen LogP contribution in [0.2, 0.25) is 5.02 Å².